The second-order valence-corrected chi connectivity index (χ2v) is 9.05. The zero-order chi connectivity index (χ0) is 21.1. The Kier molecular flexibility index (Phi) is 5.94. The van der Waals surface area contributed by atoms with Crippen LogP contribution in [0.3, 0.4) is 0 Å². The molecule has 0 aliphatic rings. The van der Waals surface area contributed by atoms with Gasteiger partial charge in [0.25, 0.3) is 11.8 Å². The van der Waals surface area contributed by atoms with Crippen molar-refractivity contribution in [2.75, 3.05) is 5.32 Å². The Labute approximate surface area is 186 Å². The maximum atomic E-state index is 12.5. The van der Waals surface area contributed by atoms with Gasteiger partial charge in [0.2, 0.25) is 0 Å². The molecule has 0 aliphatic carbocycles. The highest BCUT2D eigenvalue weighted by Gasteiger charge is 2.12. The summed E-state index contributed by atoms with van der Waals surface area (Å²) in [5.74, 6) is -0.484. The fourth-order valence-electron chi connectivity index (χ4n) is 2.86. The number of thiophene rings is 2. The van der Waals surface area contributed by atoms with Crippen LogP contribution in [-0.2, 0) is 0 Å². The summed E-state index contributed by atoms with van der Waals surface area (Å²) in [6.45, 7) is 1.80. The van der Waals surface area contributed by atoms with Gasteiger partial charge in [-0.2, -0.15) is 5.10 Å². The van der Waals surface area contributed by atoms with E-state index in [1.54, 1.807) is 31.2 Å². The zero-order valence-corrected chi connectivity index (χ0v) is 18.2. The molecule has 0 atom stereocenters. The van der Waals surface area contributed by atoms with Crippen molar-refractivity contribution in [3.63, 3.8) is 0 Å². The first-order valence-electron chi connectivity index (χ1n) is 8.99. The lowest BCUT2D eigenvalue weighted by atomic mass is 10.1. The maximum absolute atomic E-state index is 12.5. The number of benzene rings is 2. The zero-order valence-electron chi connectivity index (χ0n) is 15.8. The molecule has 2 aromatic heterocycles. The number of carbonyl (C=O) groups excluding carboxylic acids is 2. The van der Waals surface area contributed by atoms with Crippen LogP contribution in [-0.4, -0.2) is 17.5 Å². The lowest BCUT2D eigenvalue weighted by Gasteiger charge is -2.07. The number of halogens is 1. The van der Waals surface area contributed by atoms with E-state index < -0.39 is 0 Å². The Morgan fingerprint density at radius 2 is 1.83 bits per heavy atom. The van der Waals surface area contributed by atoms with Gasteiger partial charge in [0.1, 0.15) is 0 Å². The number of anilines is 1. The predicted octanol–water partition coefficient (Wildman–Crippen LogP) is 6.02. The largest absolute Gasteiger partial charge is 0.321 e. The smallest absolute Gasteiger partial charge is 0.272 e. The summed E-state index contributed by atoms with van der Waals surface area (Å²) in [7, 11) is 0. The third-order valence-corrected chi connectivity index (χ3v) is 6.58. The van der Waals surface area contributed by atoms with E-state index in [0.717, 1.165) is 15.6 Å². The first-order valence-corrected chi connectivity index (χ1v) is 11.1. The lowest BCUT2D eigenvalue weighted by Crippen LogP contribution is -2.19. The van der Waals surface area contributed by atoms with Gasteiger partial charge >= 0.3 is 0 Å². The summed E-state index contributed by atoms with van der Waals surface area (Å²) in [6.07, 6.45) is 0. The molecule has 0 unspecified atom stereocenters. The summed E-state index contributed by atoms with van der Waals surface area (Å²) in [4.78, 5) is 25.4. The minimum Gasteiger partial charge on any atom is -0.321 e. The second kappa shape index (κ2) is 8.79. The number of hydrogen-bond donors (Lipinski definition) is 2. The Hall–Kier alpha value is -3.00. The van der Waals surface area contributed by atoms with E-state index in [9.17, 15) is 9.59 Å². The van der Waals surface area contributed by atoms with Crippen molar-refractivity contribution in [2.45, 2.75) is 6.92 Å². The Balaban J connectivity index is 1.47. The molecule has 150 valence electrons. The first-order chi connectivity index (χ1) is 14.5. The number of carbonyl (C=O) groups is 2. The van der Waals surface area contributed by atoms with Gasteiger partial charge < -0.3 is 5.32 Å². The monoisotopic (exact) mass is 453 g/mol. The van der Waals surface area contributed by atoms with Gasteiger partial charge in [-0.3, -0.25) is 9.59 Å². The third-order valence-electron chi connectivity index (χ3n) is 4.39. The average molecular weight is 454 g/mol. The highest BCUT2D eigenvalue weighted by molar-refractivity contribution is 7.18. The number of rotatable bonds is 5. The molecule has 2 aromatic carbocycles. The fourth-order valence-corrected chi connectivity index (χ4v) is 4.74. The minimum atomic E-state index is -0.258. The highest BCUT2D eigenvalue weighted by atomic mass is 35.5. The molecule has 0 saturated heterocycles. The standard InChI is InChI=1S/C22H16ClN3O2S2/c1-13(25-26-21(27)17-12-29-18-8-3-2-7-16(17)18)14-5-4-6-15(11-14)24-22(28)19-9-10-20(23)30-19/h2-12H,1H3,(H,24,28)(H,26,27). The summed E-state index contributed by atoms with van der Waals surface area (Å²) < 4.78 is 1.62. The van der Waals surface area contributed by atoms with Crippen LogP contribution in [0.25, 0.3) is 10.1 Å². The molecular formula is C22H16ClN3O2S2. The van der Waals surface area contributed by atoms with Crippen LogP contribution in [0.5, 0.6) is 0 Å². The van der Waals surface area contributed by atoms with Crippen molar-refractivity contribution in [1.29, 1.82) is 0 Å². The Morgan fingerprint density at radius 1 is 1.00 bits per heavy atom. The summed E-state index contributed by atoms with van der Waals surface area (Å²) in [6, 6.07) is 18.4. The van der Waals surface area contributed by atoms with E-state index in [0.29, 0.717) is 26.2 Å². The normalized spacial score (nSPS) is 11.5. The van der Waals surface area contributed by atoms with Gasteiger partial charge in [0.15, 0.2) is 0 Å². The second-order valence-electron chi connectivity index (χ2n) is 6.42. The lowest BCUT2D eigenvalue weighted by molar-refractivity contribution is 0.0956. The van der Waals surface area contributed by atoms with Crippen LogP contribution in [0.4, 0.5) is 5.69 Å². The van der Waals surface area contributed by atoms with Crippen LogP contribution in [0, 0.1) is 0 Å². The molecule has 5 nitrogen and oxygen atoms in total. The number of nitrogens with zero attached hydrogens (tertiary/aromatic N) is 1. The molecule has 0 spiro atoms. The van der Waals surface area contributed by atoms with E-state index in [4.69, 9.17) is 11.6 Å². The maximum Gasteiger partial charge on any atom is 0.272 e. The van der Waals surface area contributed by atoms with Crippen molar-refractivity contribution in [1.82, 2.24) is 5.43 Å². The van der Waals surface area contributed by atoms with Crippen LogP contribution < -0.4 is 10.7 Å². The fraction of sp³-hybridized carbons (Fsp3) is 0.0455. The number of hydrazone groups is 1. The molecule has 0 aliphatic heterocycles. The van der Waals surface area contributed by atoms with Gasteiger partial charge in [-0.1, -0.05) is 41.9 Å². The topological polar surface area (TPSA) is 70.6 Å². The molecule has 0 fully saturated rings. The van der Waals surface area contributed by atoms with Crippen molar-refractivity contribution < 1.29 is 9.59 Å². The van der Waals surface area contributed by atoms with Crippen LogP contribution in [0.1, 0.15) is 32.5 Å². The quantitative estimate of drug-likeness (QED) is 0.286. The van der Waals surface area contributed by atoms with Gasteiger partial charge in [0.05, 0.1) is 20.5 Å². The molecule has 8 heteroatoms. The molecule has 30 heavy (non-hydrogen) atoms. The van der Waals surface area contributed by atoms with Gasteiger partial charge in [-0.05, 0) is 42.8 Å². The third kappa shape index (κ3) is 4.43. The summed E-state index contributed by atoms with van der Waals surface area (Å²) in [5, 5.41) is 9.82. The number of amides is 2. The molecule has 4 aromatic rings. The molecule has 0 saturated carbocycles. The average Bonchev–Trinajstić information content (AvgIpc) is 3.38. The minimum absolute atomic E-state index is 0.226. The van der Waals surface area contributed by atoms with Crippen molar-refractivity contribution in [3.8, 4) is 0 Å². The summed E-state index contributed by atoms with van der Waals surface area (Å²) >= 11 is 8.64. The molecule has 2 amide bonds. The molecule has 0 radical (unpaired) electrons. The Bertz CT molecular complexity index is 1280. The number of nitrogens with one attached hydrogen (secondary N) is 2. The van der Waals surface area contributed by atoms with Crippen LogP contribution in [0.15, 0.2) is 71.1 Å². The van der Waals surface area contributed by atoms with Crippen molar-refractivity contribution >= 4 is 67.6 Å². The van der Waals surface area contributed by atoms with E-state index in [1.807, 2.05) is 41.8 Å². The first kappa shape index (κ1) is 20.3. The molecule has 2 heterocycles. The number of hydrogen-bond acceptors (Lipinski definition) is 5. The van der Waals surface area contributed by atoms with E-state index >= 15 is 0 Å². The molecule has 2 N–H and O–H groups in total. The van der Waals surface area contributed by atoms with Crippen molar-refractivity contribution in [3.05, 3.63) is 86.4 Å². The van der Waals surface area contributed by atoms with Gasteiger partial charge in [-0.25, -0.2) is 5.43 Å². The van der Waals surface area contributed by atoms with E-state index in [1.165, 1.54) is 22.7 Å². The molecule has 4 rings (SSSR count). The van der Waals surface area contributed by atoms with Gasteiger partial charge in [0, 0.05) is 21.2 Å². The van der Waals surface area contributed by atoms with Crippen LogP contribution >= 0.6 is 34.3 Å². The van der Waals surface area contributed by atoms with E-state index in [2.05, 4.69) is 15.8 Å². The number of fused-ring (bicyclic) bond motifs is 1. The predicted molar refractivity (Wildman–Crippen MR) is 125 cm³/mol. The van der Waals surface area contributed by atoms with Gasteiger partial charge in [-0.15, -0.1) is 22.7 Å². The molecule has 0 bridgehead atoms. The Morgan fingerprint density at radius 3 is 2.63 bits per heavy atom. The van der Waals surface area contributed by atoms with Crippen LogP contribution in [0.2, 0.25) is 4.34 Å². The highest BCUT2D eigenvalue weighted by Crippen LogP contribution is 2.25. The summed E-state index contributed by atoms with van der Waals surface area (Å²) in [5.41, 5.74) is 5.26. The van der Waals surface area contributed by atoms with E-state index in [-0.39, 0.29) is 11.8 Å². The molecular weight excluding hydrogens is 438 g/mol. The van der Waals surface area contributed by atoms with Crippen molar-refractivity contribution in [2.24, 2.45) is 5.10 Å². The SMILES string of the molecule is CC(=NNC(=O)c1csc2ccccc12)c1cccc(NC(=O)c2ccc(Cl)s2)c1.